The minimum atomic E-state index is -0.490. The molecule has 0 saturated heterocycles. The molecule has 0 N–H and O–H groups in total. The Labute approximate surface area is 104 Å². The smallest absolute Gasteiger partial charge is 0.253 e. The van der Waals surface area contributed by atoms with Crippen molar-refractivity contribution in [2.24, 2.45) is 0 Å². The van der Waals surface area contributed by atoms with Gasteiger partial charge in [-0.3, -0.25) is 9.78 Å². The van der Waals surface area contributed by atoms with Crippen LogP contribution in [-0.2, 0) is 0 Å². The number of pyridine rings is 1. The third kappa shape index (κ3) is 2.26. The number of aromatic nitrogens is 1. The van der Waals surface area contributed by atoms with Crippen LogP contribution in [0.15, 0.2) is 30.5 Å². The number of rotatable bonds is 2. The normalized spacial score (nSPS) is 9.62. The first-order valence-electron chi connectivity index (χ1n) is 4.35. The molecule has 1 heterocycles. The van der Waals surface area contributed by atoms with E-state index in [1.54, 1.807) is 31.5 Å². The highest BCUT2D eigenvalue weighted by Crippen LogP contribution is 2.22. The van der Waals surface area contributed by atoms with Crippen LogP contribution in [0.2, 0.25) is 0 Å². The second kappa shape index (κ2) is 5.14. The van der Waals surface area contributed by atoms with Crippen molar-refractivity contribution in [3.8, 4) is 5.75 Å². The van der Waals surface area contributed by atoms with Crippen molar-refractivity contribution in [3.63, 3.8) is 0 Å². The number of ether oxygens (including phenoxy) is 1. The van der Waals surface area contributed by atoms with Crippen molar-refractivity contribution in [1.82, 2.24) is 4.98 Å². The fourth-order valence-electron chi connectivity index (χ4n) is 1.41. The maximum atomic E-state index is 11.2. The molecule has 0 aliphatic rings. The van der Waals surface area contributed by atoms with Crippen LogP contribution in [0.4, 0.5) is 0 Å². The van der Waals surface area contributed by atoms with Gasteiger partial charge >= 0.3 is 0 Å². The molecule has 5 heteroatoms. The summed E-state index contributed by atoms with van der Waals surface area (Å²) in [5, 5.41) is 0.215. The van der Waals surface area contributed by atoms with Gasteiger partial charge in [0.05, 0.1) is 18.8 Å². The molecule has 2 aromatic rings. The molecule has 0 aliphatic heterocycles. The Bertz CT molecular complexity index is 528. The molecule has 1 aromatic carbocycles. The van der Waals surface area contributed by atoms with E-state index in [1.165, 1.54) is 0 Å². The molecule has 3 nitrogen and oxygen atoms in total. The number of carbonyl (C=O) groups excluding carboxylic acids is 1. The summed E-state index contributed by atoms with van der Waals surface area (Å²) in [6.07, 6.45) is 1.60. The van der Waals surface area contributed by atoms with Crippen molar-refractivity contribution >= 4 is 40.2 Å². The van der Waals surface area contributed by atoms with Gasteiger partial charge in [0.25, 0.3) is 5.24 Å². The van der Waals surface area contributed by atoms with E-state index < -0.39 is 5.24 Å². The van der Waals surface area contributed by atoms with Gasteiger partial charge < -0.3 is 4.74 Å². The molecule has 0 amide bonds. The van der Waals surface area contributed by atoms with Crippen LogP contribution in [0.5, 0.6) is 5.75 Å². The van der Waals surface area contributed by atoms with Crippen LogP contribution < -0.4 is 4.74 Å². The second-order valence-electron chi connectivity index (χ2n) is 3.02. The average Bonchev–Trinajstić information content (AvgIpc) is 2.27. The van der Waals surface area contributed by atoms with E-state index in [0.29, 0.717) is 16.7 Å². The molecular formula is C11H9Cl2NO2. The molecule has 2 rings (SSSR count). The summed E-state index contributed by atoms with van der Waals surface area (Å²) in [5.41, 5.74) is 1.17. The van der Waals surface area contributed by atoms with Gasteiger partial charge in [-0.15, -0.1) is 12.4 Å². The molecule has 0 saturated carbocycles. The molecule has 0 radical (unpaired) electrons. The molecule has 16 heavy (non-hydrogen) atoms. The van der Waals surface area contributed by atoms with E-state index in [-0.39, 0.29) is 12.4 Å². The standard InChI is InChI=1S/C11H8ClNO2.ClH/c1-15-7-5-9-8(11(12)14)3-2-4-10(9)13-6-7;/h2-6H,1H3;1H. The van der Waals surface area contributed by atoms with Crippen molar-refractivity contribution < 1.29 is 9.53 Å². The highest BCUT2D eigenvalue weighted by Gasteiger charge is 2.08. The maximum Gasteiger partial charge on any atom is 0.253 e. The lowest BCUT2D eigenvalue weighted by atomic mass is 10.1. The van der Waals surface area contributed by atoms with E-state index >= 15 is 0 Å². The Morgan fingerprint density at radius 3 is 2.81 bits per heavy atom. The van der Waals surface area contributed by atoms with E-state index in [4.69, 9.17) is 16.3 Å². The summed E-state index contributed by atoms with van der Waals surface area (Å²) < 4.78 is 5.04. The molecule has 0 fully saturated rings. The fraction of sp³-hybridized carbons (Fsp3) is 0.0909. The lowest BCUT2D eigenvalue weighted by molar-refractivity contribution is 0.108. The number of methoxy groups -OCH3 is 1. The number of benzene rings is 1. The van der Waals surface area contributed by atoms with Crippen molar-refractivity contribution in [2.75, 3.05) is 7.11 Å². The first-order valence-corrected chi connectivity index (χ1v) is 4.73. The topological polar surface area (TPSA) is 39.2 Å². The number of hydrogen-bond acceptors (Lipinski definition) is 3. The zero-order valence-electron chi connectivity index (χ0n) is 8.44. The molecule has 84 valence electrons. The third-order valence-electron chi connectivity index (χ3n) is 2.15. The number of carbonyl (C=O) groups is 1. The monoisotopic (exact) mass is 257 g/mol. The van der Waals surface area contributed by atoms with Gasteiger partial charge in [-0.25, -0.2) is 0 Å². The molecular weight excluding hydrogens is 249 g/mol. The van der Waals surface area contributed by atoms with Crippen molar-refractivity contribution in [2.45, 2.75) is 0 Å². The number of fused-ring (bicyclic) bond motifs is 1. The van der Waals surface area contributed by atoms with Crippen molar-refractivity contribution in [3.05, 3.63) is 36.0 Å². The van der Waals surface area contributed by atoms with E-state index in [9.17, 15) is 4.79 Å². The van der Waals surface area contributed by atoms with Crippen LogP contribution >= 0.6 is 24.0 Å². The van der Waals surface area contributed by atoms with Gasteiger partial charge in [0, 0.05) is 10.9 Å². The van der Waals surface area contributed by atoms with E-state index in [0.717, 1.165) is 5.52 Å². The zero-order valence-corrected chi connectivity index (χ0v) is 10.0. The van der Waals surface area contributed by atoms with Gasteiger partial charge in [0.15, 0.2) is 0 Å². The largest absolute Gasteiger partial charge is 0.495 e. The predicted molar refractivity (Wildman–Crippen MR) is 65.7 cm³/mol. The number of hydrogen-bond donors (Lipinski definition) is 0. The minimum absolute atomic E-state index is 0. The summed E-state index contributed by atoms with van der Waals surface area (Å²) in [6.45, 7) is 0. The van der Waals surface area contributed by atoms with Crippen LogP contribution in [-0.4, -0.2) is 17.3 Å². The lowest BCUT2D eigenvalue weighted by Gasteiger charge is -2.04. The van der Waals surface area contributed by atoms with Gasteiger partial charge in [0.2, 0.25) is 0 Å². The zero-order chi connectivity index (χ0) is 10.8. The Morgan fingerprint density at radius 2 is 2.19 bits per heavy atom. The fourth-order valence-corrected chi connectivity index (χ4v) is 1.58. The number of halogens is 2. The molecule has 0 spiro atoms. The predicted octanol–water partition coefficient (Wildman–Crippen LogP) is 3.04. The minimum Gasteiger partial charge on any atom is -0.495 e. The van der Waals surface area contributed by atoms with E-state index in [1.807, 2.05) is 6.07 Å². The van der Waals surface area contributed by atoms with Crippen LogP contribution in [0.25, 0.3) is 10.9 Å². The van der Waals surface area contributed by atoms with Gasteiger partial charge in [-0.05, 0) is 29.8 Å². The quantitative estimate of drug-likeness (QED) is 0.777. The molecule has 0 unspecified atom stereocenters. The lowest BCUT2D eigenvalue weighted by Crippen LogP contribution is -1.93. The first kappa shape index (κ1) is 12.7. The summed E-state index contributed by atoms with van der Waals surface area (Å²) >= 11 is 5.47. The first-order chi connectivity index (χ1) is 7.22. The summed E-state index contributed by atoms with van der Waals surface area (Å²) in [7, 11) is 1.55. The maximum absolute atomic E-state index is 11.2. The summed E-state index contributed by atoms with van der Waals surface area (Å²) in [4.78, 5) is 15.3. The molecule has 0 aliphatic carbocycles. The Balaban J connectivity index is 0.00000128. The highest BCUT2D eigenvalue weighted by atomic mass is 35.5. The van der Waals surface area contributed by atoms with Gasteiger partial charge in [0.1, 0.15) is 5.75 Å². The van der Waals surface area contributed by atoms with Crippen LogP contribution in [0, 0.1) is 0 Å². The number of nitrogens with zero attached hydrogens (tertiary/aromatic N) is 1. The van der Waals surface area contributed by atoms with Gasteiger partial charge in [-0.1, -0.05) is 6.07 Å². The van der Waals surface area contributed by atoms with Crippen LogP contribution in [0.1, 0.15) is 10.4 Å². The van der Waals surface area contributed by atoms with E-state index in [2.05, 4.69) is 4.98 Å². The average molecular weight is 258 g/mol. The summed E-state index contributed by atoms with van der Waals surface area (Å²) in [6, 6.07) is 6.98. The molecule has 0 bridgehead atoms. The Morgan fingerprint density at radius 1 is 1.44 bits per heavy atom. The summed E-state index contributed by atoms with van der Waals surface area (Å²) in [5.74, 6) is 0.605. The Kier molecular flexibility index (Phi) is 4.10. The van der Waals surface area contributed by atoms with Crippen LogP contribution in [0.3, 0.4) is 0 Å². The molecule has 0 atom stereocenters. The van der Waals surface area contributed by atoms with Crippen molar-refractivity contribution in [1.29, 1.82) is 0 Å². The second-order valence-corrected chi connectivity index (χ2v) is 3.36. The molecule has 1 aromatic heterocycles. The third-order valence-corrected chi connectivity index (χ3v) is 2.35. The highest BCUT2D eigenvalue weighted by molar-refractivity contribution is 6.68. The van der Waals surface area contributed by atoms with Gasteiger partial charge in [-0.2, -0.15) is 0 Å². The Hall–Kier alpha value is -1.32. The SMILES string of the molecule is COc1cnc2cccc(C(=O)Cl)c2c1.Cl.